The smallest absolute Gasteiger partial charge is 0.264 e. The molecule has 130 valence electrons. The Kier molecular flexibility index (Phi) is 4.05. The van der Waals surface area contributed by atoms with Crippen molar-refractivity contribution >= 4 is 0 Å². The third-order valence-electron chi connectivity index (χ3n) is 4.41. The molecule has 0 amide bonds. The molecule has 0 spiro atoms. The van der Waals surface area contributed by atoms with Crippen LogP contribution in [0.4, 0.5) is 0 Å². The molecule has 1 aliphatic rings. The van der Waals surface area contributed by atoms with Gasteiger partial charge in [0, 0.05) is 29.9 Å². The van der Waals surface area contributed by atoms with Crippen molar-refractivity contribution in [1.82, 2.24) is 14.8 Å². The predicted octanol–water partition coefficient (Wildman–Crippen LogP) is 3.36. The molecule has 6 nitrogen and oxygen atoms in total. The highest BCUT2D eigenvalue weighted by atomic mass is 16.5. The Balaban J connectivity index is 1.76. The van der Waals surface area contributed by atoms with E-state index in [0.717, 1.165) is 47.1 Å². The molecule has 3 aromatic rings. The normalized spacial score (nSPS) is 14.0. The Bertz CT molecular complexity index is 893. The van der Waals surface area contributed by atoms with Gasteiger partial charge >= 0.3 is 0 Å². The van der Waals surface area contributed by atoms with Crippen LogP contribution in [0.25, 0.3) is 17.3 Å². The quantitative estimate of drug-likeness (QED) is 0.745. The molecule has 0 radical (unpaired) electrons. The number of benzene rings is 1. The Labute approximate surface area is 146 Å². The molecule has 25 heavy (non-hydrogen) atoms. The molecule has 1 fully saturated rings. The second kappa shape index (κ2) is 6.37. The van der Waals surface area contributed by atoms with E-state index in [1.165, 1.54) is 0 Å². The number of nitrogens with zero attached hydrogens (tertiary/aromatic N) is 3. The van der Waals surface area contributed by atoms with Crippen molar-refractivity contribution in [3.05, 3.63) is 47.5 Å². The van der Waals surface area contributed by atoms with Crippen molar-refractivity contribution in [2.45, 2.75) is 32.6 Å². The highest BCUT2D eigenvalue weighted by molar-refractivity contribution is 5.61. The summed E-state index contributed by atoms with van der Waals surface area (Å²) >= 11 is 0. The average molecular weight is 338 g/mol. The van der Waals surface area contributed by atoms with Crippen LogP contribution in [-0.2, 0) is 0 Å². The zero-order valence-corrected chi connectivity index (χ0v) is 14.5. The van der Waals surface area contributed by atoms with Crippen LogP contribution < -0.4 is 10.5 Å². The lowest BCUT2D eigenvalue weighted by Crippen LogP contribution is -2.10. The third-order valence-corrected chi connectivity index (χ3v) is 4.41. The Hall–Kier alpha value is -2.60. The van der Waals surface area contributed by atoms with Gasteiger partial charge in [-0.2, -0.15) is 0 Å². The SMILES string of the molecule is Cc1cc(C)n(-c2cccc(OCCN)c2)c1-c1nnc(C2CC2)o1. The van der Waals surface area contributed by atoms with E-state index in [1.54, 1.807) is 0 Å². The van der Waals surface area contributed by atoms with Gasteiger partial charge in [-0.05, 0) is 50.5 Å². The number of rotatable bonds is 6. The minimum atomic E-state index is 0.444. The fourth-order valence-electron chi connectivity index (χ4n) is 3.11. The van der Waals surface area contributed by atoms with Crippen LogP contribution >= 0.6 is 0 Å². The first-order valence-corrected chi connectivity index (χ1v) is 8.63. The fourth-order valence-corrected chi connectivity index (χ4v) is 3.11. The molecule has 0 bridgehead atoms. The summed E-state index contributed by atoms with van der Waals surface area (Å²) in [6, 6.07) is 10.1. The van der Waals surface area contributed by atoms with E-state index in [-0.39, 0.29) is 0 Å². The molecule has 1 aromatic carbocycles. The van der Waals surface area contributed by atoms with Crippen LogP contribution in [0.3, 0.4) is 0 Å². The second-order valence-electron chi connectivity index (χ2n) is 6.51. The van der Waals surface area contributed by atoms with Crippen LogP contribution in [0.5, 0.6) is 5.75 Å². The molecule has 0 unspecified atom stereocenters. The van der Waals surface area contributed by atoms with Crippen molar-refractivity contribution < 1.29 is 9.15 Å². The van der Waals surface area contributed by atoms with Crippen LogP contribution in [0, 0.1) is 13.8 Å². The lowest BCUT2D eigenvalue weighted by molar-refractivity contribution is 0.328. The first-order valence-electron chi connectivity index (χ1n) is 8.63. The zero-order valence-electron chi connectivity index (χ0n) is 14.5. The van der Waals surface area contributed by atoms with E-state index in [1.807, 2.05) is 24.3 Å². The lowest BCUT2D eigenvalue weighted by atomic mass is 10.2. The van der Waals surface area contributed by atoms with E-state index in [0.29, 0.717) is 25.0 Å². The summed E-state index contributed by atoms with van der Waals surface area (Å²) in [7, 11) is 0. The summed E-state index contributed by atoms with van der Waals surface area (Å²) in [4.78, 5) is 0. The number of ether oxygens (including phenoxy) is 1. The second-order valence-corrected chi connectivity index (χ2v) is 6.51. The molecule has 0 saturated heterocycles. The Morgan fingerprint density at radius 1 is 1.24 bits per heavy atom. The predicted molar refractivity (Wildman–Crippen MR) is 95.1 cm³/mol. The molecule has 0 atom stereocenters. The maximum atomic E-state index is 5.95. The molecule has 0 aliphatic heterocycles. The van der Waals surface area contributed by atoms with Gasteiger partial charge in [0.2, 0.25) is 5.89 Å². The van der Waals surface area contributed by atoms with E-state index >= 15 is 0 Å². The third kappa shape index (κ3) is 3.05. The summed E-state index contributed by atoms with van der Waals surface area (Å²) in [5, 5.41) is 8.52. The first kappa shape index (κ1) is 15.9. The summed E-state index contributed by atoms with van der Waals surface area (Å²) in [6.45, 7) is 5.12. The number of aromatic nitrogens is 3. The molecule has 1 saturated carbocycles. The van der Waals surface area contributed by atoms with Gasteiger partial charge in [-0.25, -0.2) is 0 Å². The highest BCUT2D eigenvalue weighted by Crippen LogP contribution is 2.40. The number of aryl methyl sites for hydroxylation is 2. The average Bonchev–Trinajstić information content (AvgIpc) is 3.27. The molecular weight excluding hydrogens is 316 g/mol. The van der Waals surface area contributed by atoms with Crippen LogP contribution in [-0.4, -0.2) is 27.9 Å². The summed E-state index contributed by atoms with van der Waals surface area (Å²) in [6.07, 6.45) is 2.28. The summed E-state index contributed by atoms with van der Waals surface area (Å²) in [5.74, 6) is 2.56. The number of hydrogen-bond acceptors (Lipinski definition) is 5. The number of nitrogens with two attached hydrogens (primary N) is 1. The van der Waals surface area contributed by atoms with Crippen LogP contribution in [0.15, 0.2) is 34.7 Å². The molecule has 4 rings (SSSR count). The fraction of sp³-hybridized carbons (Fsp3) is 0.368. The van der Waals surface area contributed by atoms with E-state index in [2.05, 4.69) is 34.7 Å². The molecule has 1 aliphatic carbocycles. The van der Waals surface area contributed by atoms with Crippen molar-refractivity contribution in [3.63, 3.8) is 0 Å². The lowest BCUT2D eigenvalue weighted by Gasteiger charge is -2.12. The van der Waals surface area contributed by atoms with Crippen LogP contribution in [0.2, 0.25) is 0 Å². The summed E-state index contributed by atoms with van der Waals surface area (Å²) < 4.78 is 13.8. The molecule has 2 N–H and O–H groups in total. The van der Waals surface area contributed by atoms with Gasteiger partial charge in [-0.3, -0.25) is 0 Å². The van der Waals surface area contributed by atoms with Gasteiger partial charge in [0.1, 0.15) is 18.1 Å². The molecule has 2 aromatic heterocycles. The van der Waals surface area contributed by atoms with E-state index in [4.69, 9.17) is 14.9 Å². The maximum Gasteiger partial charge on any atom is 0.264 e. The van der Waals surface area contributed by atoms with Gasteiger partial charge in [-0.15, -0.1) is 10.2 Å². The van der Waals surface area contributed by atoms with Gasteiger partial charge in [-0.1, -0.05) is 6.07 Å². The molecule has 6 heteroatoms. The van der Waals surface area contributed by atoms with Gasteiger partial charge < -0.3 is 19.5 Å². The van der Waals surface area contributed by atoms with E-state index in [9.17, 15) is 0 Å². The standard InChI is InChI=1S/C19H22N4O2/c1-12-10-13(2)23(15-4-3-5-16(11-15)24-9-8-20)17(12)19-22-21-18(25-19)14-6-7-14/h3-5,10-11,14H,6-9,20H2,1-2H3. The largest absolute Gasteiger partial charge is 0.492 e. The minimum Gasteiger partial charge on any atom is -0.492 e. The van der Waals surface area contributed by atoms with Crippen molar-refractivity contribution in [2.24, 2.45) is 5.73 Å². The van der Waals surface area contributed by atoms with Crippen molar-refractivity contribution in [2.75, 3.05) is 13.2 Å². The summed E-state index contributed by atoms with van der Waals surface area (Å²) in [5.41, 5.74) is 9.68. The van der Waals surface area contributed by atoms with Crippen molar-refractivity contribution in [3.8, 4) is 23.0 Å². The van der Waals surface area contributed by atoms with E-state index < -0.39 is 0 Å². The van der Waals surface area contributed by atoms with Crippen molar-refractivity contribution in [1.29, 1.82) is 0 Å². The number of hydrogen-bond donors (Lipinski definition) is 1. The highest BCUT2D eigenvalue weighted by Gasteiger charge is 2.30. The molecular formula is C19H22N4O2. The maximum absolute atomic E-state index is 5.95. The molecule has 2 heterocycles. The van der Waals surface area contributed by atoms with Crippen LogP contribution in [0.1, 0.15) is 35.9 Å². The zero-order chi connectivity index (χ0) is 17.4. The Morgan fingerprint density at radius 3 is 2.84 bits per heavy atom. The van der Waals surface area contributed by atoms with Gasteiger partial charge in [0.05, 0.1) is 0 Å². The monoisotopic (exact) mass is 338 g/mol. The minimum absolute atomic E-state index is 0.444. The topological polar surface area (TPSA) is 79.1 Å². The van der Waals surface area contributed by atoms with Gasteiger partial charge in [0.25, 0.3) is 5.89 Å². The van der Waals surface area contributed by atoms with Gasteiger partial charge in [0.15, 0.2) is 0 Å². The Morgan fingerprint density at radius 2 is 2.08 bits per heavy atom. The first-order chi connectivity index (χ1) is 12.2.